The fourth-order valence-corrected chi connectivity index (χ4v) is 3.34. The van der Waals surface area contributed by atoms with Crippen LogP contribution >= 0.6 is 0 Å². The lowest BCUT2D eigenvalue weighted by atomic mass is 9.76. The maximum absolute atomic E-state index is 11.4. The Morgan fingerprint density at radius 1 is 0.821 bits per heavy atom. The zero-order chi connectivity index (χ0) is 21.2. The summed E-state index contributed by atoms with van der Waals surface area (Å²) in [6.45, 7) is 0. The van der Waals surface area contributed by atoms with Crippen molar-refractivity contribution in [1.82, 2.24) is 0 Å². The molecule has 154 valence electrons. The Hall–Kier alpha value is -2.90. The predicted molar refractivity (Wildman–Crippen MR) is 99.6 cm³/mol. The Labute approximate surface area is 162 Å². The van der Waals surface area contributed by atoms with Crippen molar-refractivity contribution in [3.05, 3.63) is 35.4 Å². The minimum Gasteiger partial charge on any atom is -0.481 e. The Morgan fingerprint density at radius 3 is 1.71 bits per heavy atom. The summed E-state index contributed by atoms with van der Waals surface area (Å²) in [6.07, 6.45) is 6.61. The van der Waals surface area contributed by atoms with Crippen LogP contribution in [0.4, 0.5) is 0 Å². The highest BCUT2D eigenvalue weighted by Crippen LogP contribution is 2.39. The molecule has 2 rings (SSSR count). The first-order chi connectivity index (χ1) is 13.2. The van der Waals surface area contributed by atoms with E-state index < -0.39 is 29.3 Å². The number of hydrogen-bond donors (Lipinski definition) is 4. The van der Waals surface area contributed by atoms with Crippen molar-refractivity contribution in [3.63, 3.8) is 0 Å². The lowest BCUT2D eigenvalue weighted by Crippen LogP contribution is -2.30. The summed E-state index contributed by atoms with van der Waals surface area (Å²) in [5.41, 5.74) is -0.684. The van der Waals surface area contributed by atoms with Gasteiger partial charge in [0.05, 0.1) is 16.5 Å². The second-order valence-corrected chi connectivity index (χ2v) is 6.94. The van der Waals surface area contributed by atoms with Gasteiger partial charge in [-0.15, -0.1) is 0 Å². The van der Waals surface area contributed by atoms with E-state index in [1.165, 1.54) is 18.2 Å². The number of carbonyl (C=O) groups is 4. The van der Waals surface area contributed by atoms with Gasteiger partial charge in [0.1, 0.15) is 0 Å². The second-order valence-electron chi connectivity index (χ2n) is 6.94. The molecule has 0 aromatic heterocycles. The number of benzene rings is 1. The minimum atomic E-state index is -1.13. The maximum atomic E-state index is 11.4. The second kappa shape index (κ2) is 11.1. The highest BCUT2D eigenvalue weighted by atomic mass is 16.4. The van der Waals surface area contributed by atoms with E-state index in [0.29, 0.717) is 25.7 Å². The molecule has 8 heteroatoms. The maximum Gasteiger partial charge on any atom is 0.335 e. The SMILES string of the molecule is O=C(O)CCCC1(C(=O)O)CCCCCC1.O=C(O)c1cccc(C(=O)O)c1. The molecule has 1 aliphatic carbocycles. The molecule has 0 atom stereocenters. The number of hydrogen-bond acceptors (Lipinski definition) is 4. The zero-order valence-corrected chi connectivity index (χ0v) is 15.6. The summed E-state index contributed by atoms with van der Waals surface area (Å²) in [7, 11) is 0. The summed E-state index contributed by atoms with van der Waals surface area (Å²) >= 11 is 0. The summed E-state index contributed by atoms with van der Waals surface area (Å²) in [4.78, 5) is 42.6. The van der Waals surface area contributed by atoms with E-state index in [4.69, 9.17) is 15.3 Å². The van der Waals surface area contributed by atoms with Gasteiger partial charge in [-0.05, 0) is 43.9 Å². The van der Waals surface area contributed by atoms with Crippen molar-refractivity contribution in [2.75, 3.05) is 0 Å². The molecule has 0 spiro atoms. The van der Waals surface area contributed by atoms with Gasteiger partial charge in [-0.25, -0.2) is 9.59 Å². The Balaban J connectivity index is 0.000000292. The van der Waals surface area contributed by atoms with Crippen molar-refractivity contribution in [3.8, 4) is 0 Å². The number of rotatable bonds is 7. The van der Waals surface area contributed by atoms with Crippen molar-refractivity contribution in [2.45, 2.75) is 57.8 Å². The van der Waals surface area contributed by atoms with Gasteiger partial charge in [-0.1, -0.05) is 31.7 Å². The molecule has 0 unspecified atom stereocenters. The summed E-state index contributed by atoms with van der Waals surface area (Å²) in [5, 5.41) is 34.9. The molecule has 0 aliphatic heterocycles. The fraction of sp³-hybridized carbons (Fsp3) is 0.500. The molecule has 0 saturated heterocycles. The van der Waals surface area contributed by atoms with Gasteiger partial charge in [-0.3, -0.25) is 9.59 Å². The third kappa shape index (κ3) is 7.38. The highest BCUT2D eigenvalue weighted by Gasteiger charge is 2.37. The Kier molecular flexibility index (Phi) is 9.14. The zero-order valence-electron chi connectivity index (χ0n) is 15.6. The van der Waals surface area contributed by atoms with Gasteiger partial charge < -0.3 is 20.4 Å². The van der Waals surface area contributed by atoms with Gasteiger partial charge in [0.25, 0.3) is 0 Å². The van der Waals surface area contributed by atoms with Crippen LogP contribution < -0.4 is 0 Å². The van der Waals surface area contributed by atoms with Crippen LogP contribution in [0.2, 0.25) is 0 Å². The van der Waals surface area contributed by atoms with Crippen LogP contribution in [-0.4, -0.2) is 44.3 Å². The van der Waals surface area contributed by atoms with Gasteiger partial charge in [0, 0.05) is 6.42 Å². The number of carboxylic acid groups (broad SMARTS) is 4. The molecule has 1 fully saturated rings. The standard InChI is InChI=1S/C12H20O4.C8H6O4/c13-10(14)6-5-9-12(11(15)16)7-3-1-2-4-8-12;9-7(10)5-2-1-3-6(4-5)8(11)12/h1-9H2,(H,13,14)(H,15,16);1-4H,(H,9,10)(H,11,12). The van der Waals surface area contributed by atoms with E-state index in [9.17, 15) is 24.3 Å². The van der Waals surface area contributed by atoms with Crippen LogP contribution in [0.3, 0.4) is 0 Å². The van der Waals surface area contributed by atoms with E-state index in [1.54, 1.807) is 0 Å². The molecule has 1 aromatic carbocycles. The summed E-state index contributed by atoms with van der Waals surface area (Å²) < 4.78 is 0. The quantitative estimate of drug-likeness (QED) is 0.511. The summed E-state index contributed by atoms with van der Waals surface area (Å²) in [6, 6.07) is 5.20. The topological polar surface area (TPSA) is 149 Å². The van der Waals surface area contributed by atoms with Gasteiger partial charge in [-0.2, -0.15) is 0 Å². The highest BCUT2D eigenvalue weighted by molar-refractivity contribution is 5.93. The van der Waals surface area contributed by atoms with Crippen LogP contribution in [0, 0.1) is 5.41 Å². The minimum absolute atomic E-state index is 0.0186. The Morgan fingerprint density at radius 2 is 1.32 bits per heavy atom. The number of aromatic carboxylic acids is 2. The van der Waals surface area contributed by atoms with Crippen molar-refractivity contribution in [1.29, 1.82) is 0 Å². The molecule has 1 aromatic rings. The predicted octanol–water partition coefficient (Wildman–Crippen LogP) is 3.75. The smallest absolute Gasteiger partial charge is 0.335 e. The van der Waals surface area contributed by atoms with Crippen LogP contribution in [0.5, 0.6) is 0 Å². The first-order valence-electron chi connectivity index (χ1n) is 9.20. The van der Waals surface area contributed by atoms with E-state index in [1.807, 2.05) is 0 Å². The Bertz CT molecular complexity index is 673. The number of carboxylic acids is 4. The van der Waals surface area contributed by atoms with E-state index in [2.05, 4.69) is 0 Å². The molecule has 8 nitrogen and oxygen atoms in total. The molecule has 28 heavy (non-hydrogen) atoms. The molecule has 1 saturated carbocycles. The fourth-order valence-electron chi connectivity index (χ4n) is 3.34. The summed E-state index contributed by atoms with van der Waals surface area (Å²) in [5.74, 6) is -3.83. The first kappa shape index (κ1) is 23.1. The van der Waals surface area contributed by atoms with Crippen LogP contribution in [0.25, 0.3) is 0 Å². The van der Waals surface area contributed by atoms with Gasteiger partial charge in [0.2, 0.25) is 0 Å². The monoisotopic (exact) mass is 394 g/mol. The van der Waals surface area contributed by atoms with Gasteiger partial charge in [0.15, 0.2) is 0 Å². The average molecular weight is 394 g/mol. The van der Waals surface area contributed by atoms with Crippen LogP contribution in [0.15, 0.2) is 24.3 Å². The number of aliphatic carboxylic acids is 2. The van der Waals surface area contributed by atoms with Crippen molar-refractivity contribution < 1.29 is 39.6 Å². The first-order valence-corrected chi connectivity index (χ1v) is 9.20. The third-order valence-electron chi connectivity index (χ3n) is 4.92. The van der Waals surface area contributed by atoms with E-state index >= 15 is 0 Å². The van der Waals surface area contributed by atoms with Gasteiger partial charge >= 0.3 is 23.9 Å². The molecule has 4 N–H and O–H groups in total. The van der Waals surface area contributed by atoms with Crippen LogP contribution in [0.1, 0.15) is 78.5 Å². The largest absolute Gasteiger partial charge is 0.481 e. The van der Waals surface area contributed by atoms with Crippen molar-refractivity contribution >= 4 is 23.9 Å². The molecule has 0 bridgehead atoms. The normalized spacial score (nSPS) is 15.4. The third-order valence-corrected chi connectivity index (χ3v) is 4.92. The molecule has 1 aliphatic rings. The molecule has 0 heterocycles. The van der Waals surface area contributed by atoms with E-state index in [0.717, 1.165) is 31.7 Å². The van der Waals surface area contributed by atoms with Crippen LogP contribution in [-0.2, 0) is 9.59 Å². The average Bonchev–Trinajstić information content (AvgIpc) is 2.89. The lowest BCUT2D eigenvalue weighted by molar-refractivity contribution is -0.151. The lowest BCUT2D eigenvalue weighted by Gasteiger charge is -2.27. The molecular weight excluding hydrogens is 368 g/mol. The molecular formula is C20H26O8. The molecule has 0 amide bonds. The van der Waals surface area contributed by atoms with Crippen molar-refractivity contribution in [2.24, 2.45) is 5.41 Å². The molecule has 0 radical (unpaired) electrons. The van der Waals surface area contributed by atoms with E-state index in [-0.39, 0.29) is 17.5 Å².